The van der Waals surface area contributed by atoms with Crippen molar-refractivity contribution in [2.24, 2.45) is 11.3 Å². The Labute approximate surface area is 67.5 Å². The lowest BCUT2D eigenvalue weighted by Crippen LogP contribution is -2.17. The van der Waals surface area contributed by atoms with E-state index in [-0.39, 0.29) is 11.2 Å². The van der Waals surface area contributed by atoms with Gasteiger partial charge in [0.15, 0.2) is 5.78 Å². The third-order valence-corrected chi connectivity index (χ3v) is 3.21. The maximum absolute atomic E-state index is 11.2. The van der Waals surface area contributed by atoms with Gasteiger partial charge in [-0.3, -0.25) is 4.79 Å². The first-order chi connectivity index (χ1) is 5.12. The molecule has 2 bridgehead atoms. The predicted molar refractivity (Wildman–Crippen MR) is 44.2 cm³/mol. The predicted octanol–water partition coefficient (Wildman–Crippen LogP) is 2.32. The van der Waals surface area contributed by atoms with Crippen LogP contribution in [0.4, 0.5) is 0 Å². The van der Waals surface area contributed by atoms with Crippen molar-refractivity contribution in [1.82, 2.24) is 0 Å². The van der Waals surface area contributed by atoms with Gasteiger partial charge in [0.1, 0.15) is 0 Å². The quantitative estimate of drug-likeness (QED) is 0.560. The molecular weight excluding hydrogens is 136 g/mol. The number of carbonyl (C=O) groups excluding carboxylic acids is 1. The largest absolute Gasteiger partial charge is 0.295 e. The minimum atomic E-state index is 0.260. The molecule has 11 heavy (non-hydrogen) atoms. The highest BCUT2D eigenvalue weighted by Gasteiger charge is 2.44. The van der Waals surface area contributed by atoms with E-state index < -0.39 is 0 Å². The Morgan fingerprint density at radius 2 is 2.45 bits per heavy atom. The van der Waals surface area contributed by atoms with E-state index in [1.54, 1.807) is 6.92 Å². The summed E-state index contributed by atoms with van der Waals surface area (Å²) in [6.45, 7) is 3.92. The minimum absolute atomic E-state index is 0.260. The highest BCUT2D eigenvalue weighted by molar-refractivity contribution is 5.95. The van der Waals surface area contributed by atoms with Crippen molar-refractivity contribution in [2.75, 3.05) is 0 Å². The first kappa shape index (κ1) is 7.08. The van der Waals surface area contributed by atoms with E-state index in [9.17, 15) is 4.79 Å². The van der Waals surface area contributed by atoms with E-state index in [1.807, 2.05) is 0 Å². The molecule has 0 aliphatic heterocycles. The summed E-state index contributed by atoms with van der Waals surface area (Å²) in [5.74, 6) is 1.01. The Hall–Kier alpha value is -0.590. The van der Waals surface area contributed by atoms with Gasteiger partial charge in [-0.05, 0) is 43.1 Å². The second-order valence-electron chi connectivity index (χ2n) is 4.20. The van der Waals surface area contributed by atoms with Crippen molar-refractivity contribution in [3.63, 3.8) is 0 Å². The van der Waals surface area contributed by atoms with Crippen LogP contribution >= 0.6 is 0 Å². The zero-order valence-electron chi connectivity index (χ0n) is 7.18. The van der Waals surface area contributed by atoms with Gasteiger partial charge < -0.3 is 0 Å². The molecule has 1 fully saturated rings. The van der Waals surface area contributed by atoms with E-state index in [0.29, 0.717) is 0 Å². The molecule has 2 aliphatic carbocycles. The van der Waals surface area contributed by atoms with Crippen molar-refractivity contribution in [1.29, 1.82) is 0 Å². The molecule has 2 rings (SSSR count). The molecule has 1 heteroatoms. The molecule has 0 aromatic rings. The molecule has 0 spiro atoms. The molecule has 2 aliphatic rings. The van der Waals surface area contributed by atoms with Crippen molar-refractivity contribution >= 4 is 5.78 Å². The zero-order chi connectivity index (χ0) is 8.06. The van der Waals surface area contributed by atoms with Gasteiger partial charge >= 0.3 is 0 Å². The van der Waals surface area contributed by atoms with Gasteiger partial charge in [0, 0.05) is 0 Å². The van der Waals surface area contributed by atoms with Crippen LogP contribution in [0.3, 0.4) is 0 Å². The van der Waals surface area contributed by atoms with Crippen LogP contribution in [-0.4, -0.2) is 5.78 Å². The number of rotatable bonds is 1. The SMILES string of the molecule is CC(=O)C1=CC2CCC1(C)C2. The van der Waals surface area contributed by atoms with Crippen LogP contribution in [0.1, 0.15) is 33.1 Å². The van der Waals surface area contributed by atoms with Crippen LogP contribution in [0, 0.1) is 11.3 Å². The van der Waals surface area contributed by atoms with Crippen LogP contribution < -0.4 is 0 Å². The Bertz CT molecular complexity index is 239. The molecule has 1 saturated carbocycles. The Morgan fingerprint density at radius 3 is 2.73 bits per heavy atom. The fraction of sp³-hybridized carbons (Fsp3) is 0.700. The summed E-state index contributed by atoms with van der Waals surface area (Å²) >= 11 is 0. The molecule has 0 amide bonds. The summed E-state index contributed by atoms with van der Waals surface area (Å²) < 4.78 is 0. The second kappa shape index (κ2) is 1.96. The molecule has 0 saturated heterocycles. The van der Waals surface area contributed by atoms with E-state index in [0.717, 1.165) is 11.5 Å². The fourth-order valence-corrected chi connectivity index (χ4v) is 2.65. The Kier molecular flexibility index (Phi) is 1.26. The third kappa shape index (κ3) is 0.867. The molecule has 0 aromatic carbocycles. The lowest BCUT2D eigenvalue weighted by Gasteiger charge is -2.22. The summed E-state index contributed by atoms with van der Waals surface area (Å²) in [7, 11) is 0. The average Bonchev–Trinajstić information content (AvgIpc) is 2.41. The Morgan fingerprint density at radius 1 is 1.73 bits per heavy atom. The average molecular weight is 150 g/mol. The van der Waals surface area contributed by atoms with E-state index in [2.05, 4.69) is 13.0 Å². The van der Waals surface area contributed by atoms with Gasteiger partial charge in [0.2, 0.25) is 0 Å². The lowest BCUT2D eigenvalue weighted by atomic mass is 9.81. The molecule has 1 nitrogen and oxygen atoms in total. The smallest absolute Gasteiger partial charge is 0.156 e. The summed E-state index contributed by atoms with van der Waals surface area (Å²) in [5.41, 5.74) is 1.37. The highest BCUT2D eigenvalue weighted by atomic mass is 16.1. The molecule has 0 radical (unpaired) electrons. The third-order valence-electron chi connectivity index (χ3n) is 3.21. The number of hydrogen-bond acceptors (Lipinski definition) is 1. The topological polar surface area (TPSA) is 17.1 Å². The van der Waals surface area contributed by atoms with Crippen molar-refractivity contribution in [2.45, 2.75) is 33.1 Å². The first-order valence-electron chi connectivity index (χ1n) is 4.35. The van der Waals surface area contributed by atoms with Crippen LogP contribution in [0.5, 0.6) is 0 Å². The van der Waals surface area contributed by atoms with E-state index in [1.165, 1.54) is 19.3 Å². The van der Waals surface area contributed by atoms with Crippen LogP contribution in [0.2, 0.25) is 0 Å². The highest BCUT2D eigenvalue weighted by Crippen LogP contribution is 2.53. The number of hydrogen-bond donors (Lipinski definition) is 0. The van der Waals surface area contributed by atoms with Gasteiger partial charge in [-0.1, -0.05) is 13.0 Å². The van der Waals surface area contributed by atoms with Gasteiger partial charge in [-0.25, -0.2) is 0 Å². The van der Waals surface area contributed by atoms with Gasteiger partial charge in [0.05, 0.1) is 0 Å². The number of carbonyl (C=O) groups is 1. The minimum Gasteiger partial charge on any atom is -0.295 e. The van der Waals surface area contributed by atoms with Crippen molar-refractivity contribution in [3.05, 3.63) is 11.6 Å². The van der Waals surface area contributed by atoms with Crippen molar-refractivity contribution in [3.8, 4) is 0 Å². The molecule has 2 atom stereocenters. The number of Topliss-reactive ketones (excluding diaryl/α,β-unsaturated/α-hetero) is 1. The molecule has 0 heterocycles. The maximum atomic E-state index is 11.2. The molecule has 2 unspecified atom stereocenters. The summed E-state index contributed by atoms with van der Waals surface area (Å²) in [4.78, 5) is 11.2. The second-order valence-corrected chi connectivity index (χ2v) is 4.20. The van der Waals surface area contributed by atoms with Gasteiger partial charge in [-0.2, -0.15) is 0 Å². The number of allylic oxidation sites excluding steroid dienone is 2. The van der Waals surface area contributed by atoms with Crippen LogP contribution in [0.15, 0.2) is 11.6 Å². The van der Waals surface area contributed by atoms with Gasteiger partial charge in [0.25, 0.3) is 0 Å². The molecule has 0 aromatic heterocycles. The molecule has 60 valence electrons. The Balaban J connectivity index is 2.36. The zero-order valence-corrected chi connectivity index (χ0v) is 7.18. The lowest BCUT2D eigenvalue weighted by molar-refractivity contribution is -0.114. The summed E-state index contributed by atoms with van der Waals surface area (Å²) in [5, 5.41) is 0. The maximum Gasteiger partial charge on any atom is 0.156 e. The molecule has 0 N–H and O–H groups in total. The monoisotopic (exact) mass is 150 g/mol. The van der Waals surface area contributed by atoms with Crippen LogP contribution in [-0.2, 0) is 4.79 Å². The first-order valence-corrected chi connectivity index (χ1v) is 4.35. The van der Waals surface area contributed by atoms with E-state index >= 15 is 0 Å². The summed E-state index contributed by atoms with van der Waals surface area (Å²) in [6, 6.07) is 0. The number of fused-ring (bicyclic) bond motifs is 2. The standard InChI is InChI=1S/C10H14O/c1-7(11)9-5-8-3-4-10(9,2)6-8/h5,8H,3-4,6H2,1-2H3. The normalized spacial score (nSPS) is 40.9. The molecular formula is C10H14O. The van der Waals surface area contributed by atoms with Gasteiger partial charge in [-0.15, -0.1) is 0 Å². The van der Waals surface area contributed by atoms with Crippen LogP contribution in [0.25, 0.3) is 0 Å². The fourth-order valence-electron chi connectivity index (χ4n) is 2.65. The van der Waals surface area contributed by atoms with Crippen molar-refractivity contribution < 1.29 is 4.79 Å². The summed E-state index contributed by atoms with van der Waals surface area (Å²) in [6.07, 6.45) is 5.95. The number of ketones is 1. The van der Waals surface area contributed by atoms with E-state index in [4.69, 9.17) is 0 Å².